The van der Waals surface area contributed by atoms with Gasteiger partial charge in [0.15, 0.2) is 11.6 Å². The lowest BCUT2D eigenvalue weighted by molar-refractivity contribution is -0.122. The van der Waals surface area contributed by atoms with Gasteiger partial charge in [-0.1, -0.05) is 84.9 Å². The van der Waals surface area contributed by atoms with E-state index in [-0.39, 0.29) is 23.9 Å². The summed E-state index contributed by atoms with van der Waals surface area (Å²) >= 11 is 0. The SMILES string of the molecule is O=C(CC1(c2ccccc2)C(=O)c2ccccc2C1=O)NCc1ccccc1. The van der Waals surface area contributed by atoms with Crippen LogP contribution in [0.25, 0.3) is 0 Å². The highest BCUT2D eigenvalue weighted by Gasteiger charge is 2.54. The lowest BCUT2D eigenvalue weighted by Crippen LogP contribution is -2.43. The molecular formula is C24H19NO3. The van der Waals surface area contributed by atoms with E-state index in [1.807, 2.05) is 36.4 Å². The van der Waals surface area contributed by atoms with Crippen molar-refractivity contribution in [3.8, 4) is 0 Å². The first-order chi connectivity index (χ1) is 13.6. The second kappa shape index (κ2) is 7.24. The normalized spacial score (nSPS) is 14.6. The van der Waals surface area contributed by atoms with Crippen LogP contribution in [0.15, 0.2) is 84.9 Å². The number of ketones is 2. The summed E-state index contributed by atoms with van der Waals surface area (Å²) in [6.07, 6.45) is -0.212. The minimum atomic E-state index is -1.51. The maximum atomic E-state index is 13.3. The highest BCUT2D eigenvalue weighted by Crippen LogP contribution is 2.42. The van der Waals surface area contributed by atoms with Crippen molar-refractivity contribution in [2.75, 3.05) is 0 Å². The van der Waals surface area contributed by atoms with Gasteiger partial charge < -0.3 is 5.32 Å². The molecule has 0 bridgehead atoms. The van der Waals surface area contributed by atoms with Crippen LogP contribution in [-0.2, 0) is 16.8 Å². The van der Waals surface area contributed by atoms with Gasteiger partial charge >= 0.3 is 0 Å². The minimum Gasteiger partial charge on any atom is -0.352 e. The van der Waals surface area contributed by atoms with Gasteiger partial charge in [0, 0.05) is 17.7 Å². The maximum absolute atomic E-state index is 13.3. The van der Waals surface area contributed by atoms with E-state index in [0.29, 0.717) is 23.2 Å². The molecule has 3 aromatic carbocycles. The molecule has 0 atom stereocenters. The van der Waals surface area contributed by atoms with Crippen LogP contribution in [0.5, 0.6) is 0 Å². The Morgan fingerprint density at radius 1 is 0.714 bits per heavy atom. The summed E-state index contributed by atoms with van der Waals surface area (Å²) in [5.74, 6) is -0.953. The van der Waals surface area contributed by atoms with Crippen LogP contribution in [0.3, 0.4) is 0 Å². The molecule has 138 valence electrons. The molecule has 0 saturated carbocycles. The highest BCUT2D eigenvalue weighted by atomic mass is 16.2. The molecule has 4 heteroatoms. The topological polar surface area (TPSA) is 63.2 Å². The first kappa shape index (κ1) is 17.9. The highest BCUT2D eigenvalue weighted by molar-refractivity contribution is 6.34. The lowest BCUT2D eigenvalue weighted by atomic mass is 9.73. The van der Waals surface area contributed by atoms with Crippen molar-refractivity contribution in [1.82, 2.24) is 5.32 Å². The van der Waals surface area contributed by atoms with Gasteiger partial charge in [-0.25, -0.2) is 0 Å². The molecule has 1 amide bonds. The smallest absolute Gasteiger partial charge is 0.222 e. The average Bonchev–Trinajstić information content (AvgIpc) is 2.96. The molecule has 1 aliphatic carbocycles. The van der Waals surface area contributed by atoms with Gasteiger partial charge in [0.05, 0.1) is 6.42 Å². The summed E-state index contributed by atoms with van der Waals surface area (Å²) in [5, 5.41) is 2.84. The summed E-state index contributed by atoms with van der Waals surface area (Å²) in [6, 6.07) is 25.2. The van der Waals surface area contributed by atoms with Gasteiger partial charge in [0.2, 0.25) is 5.91 Å². The number of carbonyl (C=O) groups is 3. The molecule has 4 rings (SSSR count). The van der Waals surface area contributed by atoms with E-state index >= 15 is 0 Å². The zero-order valence-corrected chi connectivity index (χ0v) is 15.2. The van der Waals surface area contributed by atoms with Crippen molar-refractivity contribution in [1.29, 1.82) is 0 Å². The number of hydrogen-bond acceptors (Lipinski definition) is 3. The molecule has 0 spiro atoms. The number of carbonyl (C=O) groups excluding carboxylic acids is 3. The number of Topliss-reactive ketones (excluding diaryl/α,β-unsaturated/α-hetero) is 2. The molecule has 0 aromatic heterocycles. The largest absolute Gasteiger partial charge is 0.352 e. The number of amides is 1. The lowest BCUT2D eigenvalue weighted by Gasteiger charge is -2.26. The Morgan fingerprint density at radius 2 is 1.21 bits per heavy atom. The molecule has 1 aliphatic rings. The van der Waals surface area contributed by atoms with Crippen LogP contribution in [0.1, 0.15) is 38.3 Å². The van der Waals surface area contributed by atoms with Crippen LogP contribution < -0.4 is 5.32 Å². The number of rotatable bonds is 5. The van der Waals surface area contributed by atoms with E-state index in [0.717, 1.165) is 5.56 Å². The standard InChI is InChI=1S/C24H19NO3/c26-21(25-16-17-9-3-1-4-10-17)15-24(18-11-5-2-6-12-18)22(27)19-13-7-8-14-20(19)23(24)28/h1-14H,15-16H2,(H,25,26). The number of nitrogens with one attached hydrogen (secondary N) is 1. The second-order valence-corrected chi connectivity index (χ2v) is 6.91. The van der Waals surface area contributed by atoms with Crippen molar-refractivity contribution in [2.24, 2.45) is 0 Å². The molecular weight excluding hydrogens is 350 g/mol. The van der Waals surface area contributed by atoms with Crippen LogP contribution in [0, 0.1) is 0 Å². The van der Waals surface area contributed by atoms with Gasteiger partial charge in [-0.05, 0) is 11.1 Å². The van der Waals surface area contributed by atoms with Gasteiger partial charge in [-0.3, -0.25) is 14.4 Å². The van der Waals surface area contributed by atoms with Crippen molar-refractivity contribution >= 4 is 17.5 Å². The molecule has 3 aromatic rings. The van der Waals surface area contributed by atoms with E-state index in [2.05, 4.69) is 5.32 Å². The Morgan fingerprint density at radius 3 is 1.79 bits per heavy atom. The van der Waals surface area contributed by atoms with E-state index in [1.165, 1.54) is 0 Å². The third kappa shape index (κ3) is 2.93. The van der Waals surface area contributed by atoms with Gasteiger partial charge in [-0.15, -0.1) is 0 Å². The van der Waals surface area contributed by atoms with Crippen LogP contribution in [0.4, 0.5) is 0 Å². The number of hydrogen-bond donors (Lipinski definition) is 1. The molecule has 4 nitrogen and oxygen atoms in total. The Kier molecular flexibility index (Phi) is 4.62. The first-order valence-electron chi connectivity index (χ1n) is 9.18. The van der Waals surface area contributed by atoms with Crippen LogP contribution >= 0.6 is 0 Å². The zero-order chi connectivity index (χ0) is 19.6. The fourth-order valence-corrected chi connectivity index (χ4v) is 3.79. The van der Waals surface area contributed by atoms with E-state index in [9.17, 15) is 14.4 Å². The van der Waals surface area contributed by atoms with Crippen molar-refractivity contribution in [3.63, 3.8) is 0 Å². The summed E-state index contributed by atoms with van der Waals surface area (Å²) in [4.78, 5) is 39.5. The third-order valence-corrected chi connectivity index (χ3v) is 5.22. The molecule has 28 heavy (non-hydrogen) atoms. The molecule has 1 N–H and O–H groups in total. The van der Waals surface area contributed by atoms with Crippen LogP contribution in [-0.4, -0.2) is 17.5 Å². The third-order valence-electron chi connectivity index (χ3n) is 5.22. The van der Waals surface area contributed by atoms with Gasteiger partial charge in [-0.2, -0.15) is 0 Å². The van der Waals surface area contributed by atoms with Crippen molar-refractivity contribution in [2.45, 2.75) is 18.4 Å². The zero-order valence-electron chi connectivity index (χ0n) is 15.2. The Hall–Kier alpha value is -3.53. The van der Waals surface area contributed by atoms with E-state index < -0.39 is 5.41 Å². The summed E-state index contributed by atoms with van der Waals surface area (Å²) in [7, 11) is 0. The Balaban J connectivity index is 1.67. The molecule has 0 saturated heterocycles. The number of fused-ring (bicyclic) bond motifs is 1. The Bertz CT molecular complexity index is 1010. The molecule has 0 unspecified atom stereocenters. The second-order valence-electron chi connectivity index (χ2n) is 6.91. The predicted octanol–water partition coefficient (Wildman–Crippen LogP) is 3.71. The summed E-state index contributed by atoms with van der Waals surface area (Å²) in [5.41, 5.74) is 0.763. The Labute approximate surface area is 163 Å². The maximum Gasteiger partial charge on any atom is 0.222 e. The predicted molar refractivity (Wildman–Crippen MR) is 106 cm³/mol. The molecule has 0 radical (unpaired) electrons. The fraction of sp³-hybridized carbons (Fsp3) is 0.125. The first-order valence-corrected chi connectivity index (χ1v) is 9.18. The summed E-state index contributed by atoms with van der Waals surface area (Å²) < 4.78 is 0. The molecule has 0 fully saturated rings. The van der Waals surface area contributed by atoms with Crippen LogP contribution in [0.2, 0.25) is 0 Å². The van der Waals surface area contributed by atoms with Crippen molar-refractivity contribution < 1.29 is 14.4 Å². The molecule has 0 heterocycles. The monoisotopic (exact) mass is 369 g/mol. The van der Waals surface area contributed by atoms with E-state index in [1.54, 1.807) is 48.5 Å². The fourth-order valence-electron chi connectivity index (χ4n) is 3.79. The number of benzene rings is 3. The van der Waals surface area contributed by atoms with Gasteiger partial charge in [0.25, 0.3) is 0 Å². The van der Waals surface area contributed by atoms with Crippen molar-refractivity contribution in [3.05, 3.63) is 107 Å². The summed E-state index contributed by atoms with van der Waals surface area (Å²) in [6.45, 7) is 0.347. The average molecular weight is 369 g/mol. The minimum absolute atomic E-state index is 0.212. The van der Waals surface area contributed by atoms with E-state index in [4.69, 9.17) is 0 Å². The molecule has 0 aliphatic heterocycles. The quantitative estimate of drug-likeness (QED) is 0.698. The van der Waals surface area contributed by atoms with Gasteiger partial charge in [0.1, 0.15) is 5.41 Å².